The number of rotatable bonds is 7. The van der Waals surface area contributed by atoms with Crippen molar-refractivity contribution in [1.29, 1.82) is 0 Å². The molecule has 0 aliphatic carbocycles. The number of nitrogens with one attached hydrogen (secondary N) is 1. The number of carbonyl (C=O) groups excluding carboxylic acids is 1. The number of aromatic nitrogens is 2. The van der Waals surface area contributed by atoms with Crippen molar-refractivity contribution in [1.82, 2.24) is 20.0 Å². The van der Waals surface area contributed by atoms with Crippen LogP contribution in [0.2, 0.25) is 0 Å². The number of fused-ring (bicyclic) bond motifs is 1. The maximum atomic E-state index is 13.4. The Labute approximate surface area is 201 Å². The Morgan fingerprint density at radius 1 is 1.06 bits per heavy atom. The van der Waals surface area contributed by atoms with Crippen molar-refractivity contribution in [3.63, 3.8) is 0 Å². The third-order valence-corrected chi connectivity index (χ3v) is 7.10. The Morgan fingerprint density at radius 2 is 1.94 bits per heavy atom. The molecule has 180 valence electrons. The van der Waals surface area contributed by atoms with Crippen molar-refractivity contribution in [2.45, 2.75) is 25.7 Å². The highest BCUT2D eigenvalue weighted by Crippen LogP contribution is 2.27. The van der Waals surface area contributed by atoms with Gasteiger partial charge in [0.2, 0.25) is 0 Å². The molecule has 0 unspecified atom stereocenters. The maximum absolute atomic E-state index is 13.4. The standard InChI is InChI=1S/C27H34N4O3/c32-27(23-7-1-2-9-26(23)34-18-15-30-13-16-33-17-14-30)31-11-4-5-21(10-12-31)19-22-6-3-8-25-24(22)20-28-29-25/h1-3,6-9,20-21H,4-5,10-19H2,(H,28,29)/t21-/m1/s1. The average molecular weight is 463 g/mol. The molecule has 1 atom stereocenters. The first-order valence-corrected chi connectivity index (χ1v) is 12.5. The summed E-state index contributed by atoms with van der Waals surface area (Å²) >= 11 is 0. The minimum absolute atomic E-state index is 0.0829. The highest BCUT2D eigenvalue weighted by Gasteiger charge is 2.24. The summed E-state index contributed by atoms with van der Waals surface area (Å²) in [6.07, 6.45) is 6.13. The lowest BCUT2D eigenvalue weighted by atomic mass is 9.91. The predicted molar refractivity (Wildman–Crippen MR) is 132 cm³/mol. The maximum Gasteiger partial charge on any atom is 0.257 e. The molecule has 2 fully saturated rings. The highest BCUT2D eigenvalue weighted by atomic mass is 16.5. The van der Waals surface area contributed by atoms with Crippen LogP contribution in [0.25, 0.3) is 10.9 Å². The summed E-state index contributed by atoms with van der Waals surface area (Å²) in [5.74, 6) is 1.34. The molecule has 1 N–H and O–H groups in total. The molecule has 1 aromatic heterocycles. The fourth-order valence-corrected chi connectivity index (χ4v) is 5.14. The van der Waals surface area contributed by atoms with Gasteiger partial charge in [0.1, 0.15) is 12.4 Å². The third-order valence-electron chi connectivity index (χ3n) is 7.10. The molecular weight excluding hydrogens is 428 g/mol. The van der Waals surface area contributed by atoms with Crippen LogP contribution in [0.3, 0.4) is 0 Å². The SMILES string of the molecule is O=C(c1ccccc1OCCN1CCOCC1)N1CCC[C@@H](Cc2cccc3[nH]ncc23)CC1. The molecule has 0 bridgehead atoms. The predicted octanol–water partition coefficient (Wildman–Crippen LogP) is 3.76. The van der Waals surface area contributed by atoms with Gasteiger partial charge in [-0.25, -0.2) is 0 Å². The monoisotopic (exact) mass is 462 g/mol. The Kier molecular flexibility index (Phi) is 7.41. The van der Waals surface area contributed by atoms with Crippen molar-refractivity contribution in [2.75, 3.05) is 52.5 Å². The molecule has 2 aliphatic heterocycles. The molecule has 1 amide bonds. The number of likely N-dealkylation sites (tertiary alicyclic amines) is 1. The number of carbonyl (C=O) groups is 1. The van der Waals surface area contributed by atoms with Crippen LogP contribution >= 0.6 is 0 Å². The van der Waals surface area contributed by atoms with E-state index in [-0.39, 0.29) is 5.91 Å². The Balaban J connectivity index is 1.18. The zero-order chi connectivity index (χ0) is 23.2. The average Bonchev–Trinajstić information content (AvgIpc) is 3.25. The summed E-state index contributed by atoms with van der Waals surface area (Å²) in [6, 6.07) is 14.0. The lowest BCUT2D eigenvalue weighted by molar-refractivity contribution is 0.0321. The summed E-state index contributed by atoms with van der Waals surface area (Å²) in [6.45, 7) is 6.44. The van der Waals surface area contributed by atoms with Crippen molar-refractivity contribution >= 4 is 16.8 Å². The molecule has 2 saturated heterocycles. The van der Waals surface area contributed by atoms with Gasteiger partial charge in [0, 0.05) is 38.1 Å². The first-order chi connectivity index (χ1) is 16.8. The minimum Gasteiger partial charge on any atom is -0.491 e. The number of amides is 1. The molecule has 34 heavy (non-hydrogen) atoms. The fraction of sp³-hybridized carbons (Fsp3) is 0.481. The van der Waals surface area contributed by atoms with Crippen molar-refractivity contribution < 1.29 is 14.3 Å². The highest BCUT2D eigenvalue weighted by molar-refractivity contribution is 5.97. The van der Waals surface area contributed by atoms with E-state index in [2.05, 4.69) is 33.3 Å². The van der Waals surface area contributed by atoms with Crippen LogP contribution < -0.4 is 4.74 Å². The normalized spacial score (nSPS) is 19.8. The van der Waals surface area contributed by atoms with E-state index >= 15 is 0 Å². The van der Waals surface area contributed by atoms with Gasteiger partial charge in [0.25, 0.3) is 5.91 Å². The van der Waals surface area contributed by atoms with Crippen molar-refractivity contribution in [2.24, 2.45) is 5.92 Å². The number of hydrogen-bond acceptors (Lipinski definition) is 5. The Hall–Kier alpha value is -2.90. The van der Waals surface area contributed by atoms with Gasteiger partial charge in [0.15, 0.2) is 0 Å². The zero-order valence-electron chi connectivity index (χ0n) is 19.7. The number of ether oxygens (including phenoxy) is 2. The van der Waals surface area contributed by atoms with Gasteiger partial charge in [-0.15, -0.1) is 0 Å². The topological polar surface area (TPSA) is 70.7 Å². The molecule has 7 heteroatoms. The molecule has 2 aliphatic rings. The number of aromatic amines is 1. The molecule has 0 spiro atoms. The van der Waals surface area contributed by atoms with Gasteiger partial charge in [-0.05, 0) is 55.4 Å². The lowest BCUT2D eigenvalue weighted by Gasteiger charge is -2.26. The molecule has 0 saturated carbocycles. The van der Waals surface area contributed by atoms with Crippen molar-refractivity contribution in [3.8, 4) is 5.75 Å². The summed E-state index contributed by atoms with van der Waals surface area (Å²) in [7, 11) is 0. The Bertz CT molecular complexity index is 1090. The van der Waals surface area contributed by atoms with Gasteiger partial charge in [-0.1, -0.05) is 24.3 Å². The molecule has 0 radical (unpaired) electrons. The van der Waals surface area contributed by atoms with Gasteiger partial charge >= 0.3 is 0 Å². The van der Waals surface area contributed by atoms with E-state index < -0.39 is 0 Å². The first kappa shape index (κ1) is 22.9. The van der Waals surface area contributed by atoms with E-state index in [4.69, 9.17) is 9.47 Å². The van der Waals surface area contributed by atoms with Gasteiger partial charge < -0.3 is 14.4 Å². The first-order valence-electron chi connectivity index (χ1n) is 12.5. The van der Waals surface area contributed by atoms with E-state index in [1.54, 1.807) is 0 Å². The summed E-state index contributed by atoms with van der Waals surface area (Å²) < 4.78 is 11.5. The number of morpholine rings is 1. The molecule has 3 aromatic rings. The lowest BCUT2D eigenvalue weighted by Crippen LogP contribution is -2.38. The summed E-state index contributed by atoms with van der Waals surface area (Å²) in [5, 5.41) is 8.48. The number of benzene rings is 2. The molecular formula is C27H34N4O3. The smallest absolute Gasteiger partial charge is 0.257 e. The summed E-state index contributed by atoms with van der Waals surface area (Å²) in [5.41, 5.74) is 3.11. The quantitative estimate of drug-likeness (QED) is 0.579. The second-order valence-electron chi connectivity index (χ2n) is 9.34. The van der Waals surface area contributed by atoms with E-state index in [9.17, 15) is 4.79 Å². The molecule has 7 nitrogen and oxygen atoms in total. The molecule has 5 rings (SSSR count). The van der Waals surface area contributed by atoms with Gasteiger partial charge in [-0.3, -0.25) is 14.8 Å². The second kappa shape index (κ2) is 11.0. The van der Waals surface area contributed by atoms with E-state index in [0.717, 1.165) is 77.1 Å². The van der Waals surface area contributed by atoms with Gasteiger partial charge in [0.05, 0.1) is 30.5 Å². The number of nitrogens with zero attached hydrogens (tertiary/aromatic N) is 3. The van der Waals surface area contributed by atoms with E-state index in [1.165, 1.54) is 10.9 Å². The zero-order valence-corrected chi connectivity index (χ0v) is 19.7. The van der Waals surface area contributed by atoms with Crippen LogP contribution in [-0.2, 0) is 11.2 Å². The van der Waals surface area contributed by atoms with Crippen LogP contribution in [0, 0.1) is 5.92 Å². The van der Waals surface area contributed by atoms with Crippen molar-refractivity contribution in [3.05, 3.63) is 59.8 Å². The van der Waals surface area contributed by atoms with Crippen LogP contribution in [0.1, 0.15) is 35.2 Å². The van der Waals surface area contributed by atoms with Crippen LogP contribution in [0.15, 0.2) is 48.7 Å². The number of para-hydroxylation sites is 1. The summed E-state index contributed by atoms with van der Waals surface area (Å²) in [4.78, 5) is 17.8. The second-order valence-corrected chi connectivity index (χ2v) is 9.34. The molecule has 2 aromatic carbocycles. The third kappa shape index (κ3) is 5.42. The largest absolute Gasteiger partial charge is 0.491 e. The van der Waals surface area contributed by atoms with Gasteiger partial charge in [-0.2, -0.15) is 5.10 Å². The van der Waals surface area contributed by atoms with Crippen LogP contribution in [0.5, 0.6) is 5.75 Å². The number of hydrogen-bond donors (Lipinski definition) is 1. The number of H-pyrrole nitrogens is 1. The van der Waals surface area contributed by atoms with Crippen LogP contribution in [-0.4, -0.2) is 78.4 Å². The Morgan fingerprint density at radius 3 is 2.85 bits per heavy atom. The molecule has 3 heterocycles. The van der Waals surface area contributed by atoms with E-state index in [0.29, 0.717) is 23.8 Å². The fourth-order valence-electron chi connectivity index (χ4n) is 5.14. The van der Waals surface area contributed by atoms with E-state index in [1.807, 2.05) is 35.4 Å². The minimum atomic E-state index is 0.0829. The van der Waals surface area contributed by atoms with Crippen LogP contribution in [0.4, 0.5) is 0 Å².